The molecule has 3 amide bonds. The van der Waals surface area contributed by atoms with Gasteiger partial charge in [0.15, 0.2) is 0 Å². The number of hydrogen-bond acceptors (Lipinski definition) is 4. The molecule has 15 heavy (non-hydrogen) atoms. The third kappa shape index (κ3) is 9.55. The van der Waals surface area contributed by atoms with Crippen LogP contribution < -0.4 is 16.4 Å². The van der Waals surface area contributed by atoms with Crippen LogP contribution in [0.5, 0.6) is 0 Å². The fourth-order valence-electron chi connectivity index (χ4n) is 0.796. The molecule has 0 radical (unpaired) electrons. The summed E-state index contributed by atoms with van der Waals surface area (Å²) < 4.78 is 0. The maximum absolute atomic E-state index is 11.2. The normalized spacial score (nSPS) is 9.73. The Hall–Kier alpha value is -0.750. The van der Waals surface area contributed by atoms with Gasteiger partial charge < -0.3 is 11.1 Å². The van der Waals surface area contributed by atoms with Crippen molar-refractivity contribution in [1.29, 1.82) is 0 Å². The van der Waals surface area contributed by atoms with E-state index >= 15 is 0 Å². The van der Waals surface area contributed by atoms with E-state index in [4.69, 9.17) is 5.73 Å². The number of rotatable bonds is 7. The molecule has 0 aromatic rings. The van der Waals surface area contributed by atoms with Crippen LogP contribution in [0, 0.1) is 0 Å². The molecule has 6 heteroatoms. The lowest BCUT2D eigenvalue weighted by molar-refractivity contribution is -0.117. The van der Waals surface area contributed by atoms with Gasteiger partial charge in [0.05, 0.1) is 5.75 Å². The standard InChI is InChI=1S/C9H19N3O2S/c1-2-5-11-9(14)12-8(13)7-15-6-3-4-10/h2-7,10H2,1H3,(H2,11,12,13,14). The highest BCUT2D eigenvalue weighted by Gasteiger charge is 2.05. The monoisotopic (exact) mass is 233 g/mol. The Balaban J connectivity index is 3.43. The molecule has 88 valence electrons. The van der Waals surface area contributed by atoms with Gasteiger partial charge >= 0.3 is 6.03 Å². The van der Waals surface area contributed by atoms with Gasteiger partial charge in [-0.05, 0) is 25.1 Å². The Labute approximate surface area is 94.5 Å². The first-order chi connectivity index (χ1) is 7.20. The third-order valence-electron chi connectivity index (χ3n) is 1.51. The summed E-state index contributed by atoms with van der Waals surface area (Å²) in [6, 6.07) is -0.415. The molecule has 0 atom stereocenters. The maximum atomic E-state index is 11.2. The molecule has 4 N–H and O–H groups in total. The van der Waals surface area contributed by atoms with E-state index in [9.17, 15) is 9.59 Å². The van der Waals surface area contributed by atoms with Crippen molar-refractivity contribution in [3.05, 3.63) is 0 Å². The van der Waals surface area contributed by atoms with Gasteiger partial charge in [0, 0.05) is 6.54 Å². The van der Waals surface area contributed by atoms with Crippen LogP contribution in [0.2, 0.25) is 0 Å². The van der Waals surface area contributed by atoms with Crippen molar-refractivity contribution in [1.82, 2.24) is 10.6 Å². The zero-order valence-corrected chi connectivity index (χ0v) is 9.86. The lowest BCUT2D eigenvalue weighted by Crippen LogP contribution is -2.40. The summed E-state index contributed by atoms with van der Waals surface area (Å²) in [4.78, 5) is 22.2. The molecule has 0 heterocycles. The number of carbonyl (C=O) groups excluding carboxylic acids is 2. The molecule has 0 aromatic heterocycles. The summed E-state index contributed by atoms with van der Waals surface area (Å²) in [7, 11) is 0. The molecule has 0 aromatic carbocycles. The molecule has 0 saturated carbocycles. The van der Waals surface area contributed by atoms with Crippen LogP contribution in [0.15, 0.2) is 0 Å². The molecule has 0 fully saturated rings. The topological polar surface area (TPSA) is 84.2 Å². The third-order valence-corrected chi connectivity index (χ3v) is 2.56. The van der Waals surface area contributed by atoms with Gasteiger partial charge in [-0.25, -0.2) is 4.79 Å². The molecular weight excluding hydrogens is 214 g/mol. The Morgan fingerprint density at radius 2 is 2.13 bits per heavy atom. The van der Waals surface area contributed by atoms with E-state index in [2.05, 4.69) is 10.6 Å². The zero-order chi connectivity index (χ0) is 11.5. The average molecular weight is 233 g/mol. The number of hydrogen-bond donors (Lipinski definition) is 3. The molecule has 0 unspecified atom stereocenters. The minimum absolute atomic E-state index is 0.259. The van der Waals surface area contributed by atoms with Crippen molar-refractivity contribution in [2.45, 2.75) is 19.8 Å². The molecule has 0 spiro atoms. The summed E-state index contributed by atoms with van der Waals surface area (Å²) >= 11 is 1.48. The smallest absolute Gasteiger partial charge is 0.321 e. The van der Waals surface area contributed by atoms with E-state index in [1.54, 1.807) is 0 Å². The van der Waals surface area contributed by atoms with Gasteiger partial charge in [-0.1, -0.05) is 6.92 Å². The van der Waals surface area contributed by atoms with Crippen molar-refractivity contribution in [2.24, 2.45) is 5.73 Å². The Bertz CT molecular complexity index is 200. The number of amides is 3. The minimum atomic E-state index is -0.415. The fraction of sp³-hybridized carbons (Fsp3) is 0.778. The van der Waals surface area contributed by atoms with E-state index < -0.39 is 6.03 Å². The van der Waals surface area contributed by atoms with E-state index in [-0.39, 0.29) is 5.91 Å². The number of nitrogens with two attached hydrogens (primary N) is 1. The molecule has 0 aliphatic rings. The second kappa shape index (κ2) is 9.79. The molecule has 0 aliphatic heterocycles. The zero-order valence-electron chi connectivity index (χ0n) is 9.04. The van der Waals surface area contributed by atoms with Crippen molar-refractivity contribution >= 4 is 23.7 Å². The number of urea groups is 1. The van der Waals surface area contributed by atoms with Crippen molar-refractivity contribution in [2.75, 3.05) is 24.6 Å². The first kappa shape index (κ1) is 14.2. The Kier molecular flexibility index (Phi) is 9.30. The van der Waals surface area contributed by atoms with E-state index in [1.807, 2.05) is 6.92 Å². The quantitative estimate of drug-likeness (QED) is 0.552. The number of thioether (sulfide) groups is 1. The van der Waals surface area contributed by atoms with Crippen molar-refractivity contribution in [3.8, 4) is 0 Å². The van der Waals surface area contributed by atoms with Crippen LogP contribution >= 0.6 is 11.8 Å². The first-order valence-electron chi connectivity index (χ1n) is 5.06. The number of imide groups is 1. The second-order valence-electron chi connectivity index (χ2n) is 3.00. The van der Waals surface area contributed by atoms with E-state index in [1.165, 1.54) is 11.8 Å². The van der Waals surface area contributed by atoms with Crippen LogP contribution in [0.4, 0.5) is 4.79 Å². The molecule has 0 aliphatic carbocycles. The summed E-state index contributed by atoms with van der Waals surface area (Å²) in [5.74, 6) is 0.894. The fourth-order valence-corrected chi connectivity index (χ4v) is 1.57. The average Bonchev–Trinajstić information content (AvgIpc) is 2.21. The molecular formula is C9H19N3O2S. The lowest BCUT2D eigenvalue weighted by atomic mass is 10.5. The highest BCUT2D eigenvalue weighted by molar-refractivity contribution is 7.99. The van der Waals surface area contributed by atoms with Gasteiger partial charge in [-0.2, -0.15) is 11.8 Å². The van der Waals surface area contributed by atoms with Crippen molar-refractivity contribution in [3.63, 3.8) is 0 Å². The summed E-state index contributed by atoms with van der Waals surface area (Å²) in [6.45, 7) is 3.16. The molecule has 0 saturated heterocycles. The van der Waals surface area contributed by atoms with Crippen molar-refractivity contribution < 1.29 is 9.59 Å². The van der Waals surface area contributed by atoms with Crippen LogP contribution in [0.1, 0.15) is 19.8 Å². The summed E-state index contributed by atoms with van der Waals surface area (Å²) in [5.41, 5.74) is 5.30. The highest BCUT2D eigenvalue weighted by atomic mass is 32.2. The highest BCUT2D eigenvalue weighted by Crippen LogP contribution is 2.00. The Morgan fingerprint density at radius 1 is 1.40 bits per heavy atom. The van der Waals surface area contributed by atoms with E-state index in [0.29, 0.717) is 18.8 Å². The van der Waals surface area contributed by atoms with E-state index in [0.717, 1.165) is 18.6 Å². The van der Waals surface area contributed by atoms with Gasteiger partial charge in [-0.15, -0.1) is 0 Å². The van der Waals surface area contributed by atoms with Gasteiger partial charge in [0.25, 0.3) is 0 Å². The van der Waals surface area contributed by atoms with Crippen LogP contribution in [-0.4, -0.2) is 36.5 Å². The molecule has 0 bridgehead atoms. The summed E-state index contributed by atoms with van der Waals surface area (Å²) in [6.07, 6.45) is 1.74. The molecule has 5 nitrogen and oxygen atoms in total. The number of carbonyl (C=O) groups is 2. The second-order valence-corrected chi connectivity index (χ2v) is 4.10. The Morgan fingerprint density at radius 3 is 2.73 bits per heavy atom. The largest absolute Gasteiger partial charge is 0.338 e. The van der Waals surface area contributed by atoms with Gasteiger partial charge in [0.2, 0.25) is 5.91 Å². The minimum Gasteiger partial charge on any atom is -0.338 e. The van der Waals surface area contributed by atoms with Crippen LogP contribution in [-0.2, 0) is 4.79 Å². The lowest BCUT2D eigenvalue weighted by Gasteiger charge is -2.04. The van der Waals surface area contributed by atoms with Crippen LogP contribution in [0.3, 0.4) is 0 Å². The number of nitrogens with one attached hydrogen (secondary N) is 2. The van der Waals surface area contributed by atoms with Gasteiger partial charge in [-0.3, -0.25) is 10.1 Å². The van der Waals surface area contributed by atoms with Crippen LogP contribution in [0.25, 0.3) is 0 Å². The summed E-state index contributed by atoms with van der Waals surface area (Å²) in [5, 5.41) is 4.82. The van der Waals surface area contributed by atoms with Gasteiger partial charge in [0.1, 0.15) is 0 Å². The predicted octanol–water partition coefficient (Wildman–Crippen LogP) is 0.304. The predicted molar refractivity (Wildman–Crippen MR) is 62.8 cm³/mol. The maximum Gasteiger partial charge on any atom is 0.321 e. The first-order valence-corrected chi connectivity index (χ1v) is 6.21. The molecule has 0 rings (SSSR count). The SMILES string of the molecule is CCCNC(=O)NC(=O)CSCCCN.